The van der Waals surface area contributed by atoms with Crippen molar-refractivity contribution in [1.82, 2.24) is 0 Å². The van der Waals surface area contributed by atoms with Crippen molar-refractivity contribution in [3.05, 3.63) is 68.7 Å². The highest BCUT2D eigenvalue weighted by Crippen LogP contribution is 2.41. The Balaban J connectivity index is 2.36. The first-order valence-electron chi connectivity index (χ1n) is 5.72. The summed E-state index contributed by atoms with van der Waals surface area (Å²) in [4.78, 5) is 12.5. The van der Waals surface area contributed by atoms with Gasteiger partial charge in [-0.1, -0.05) is 54.4 Å². The van der Waals surface area contributed by atoms with E-state index in [1.54, 1.807) is 12.1 Å². The molecule has 3 rings (SSSR count). The van der Waals surface area contributed by atoms with E-state index in [0.717, 1.165) is 11.1 Å². The van der Waals surface area contributed by atoms with Crippen molar-refractivity contribution in [2.75, 3.05) is 0 Å². The van der Waals surface area contributed by atoms with Crippen molar-refractivity contribution in [3.63, 3.8) is 0 Å². The molecular formula is C15H10Cl2O. The molecule has 1 nitrogen and oxygen atoms in total. The van der Waals surface area contributed by atoms with Crippen molar-refractivity contribution in [2.24, 2.45) is 0 Å². The largest absolute Gasteiger partial charge is 0.288 e. The Morgan fingerprint density at radius 3 is 1.78 bits per heavy atom. The van der Waals surface area contributed by atoms with Crippen LogP contribution in [0.3, 0.4) is 0 Å². The SMILES string of the molecule is CC1c2cccc(Cl)c2C(=O)c2c(Cl)cccc21. The molecule has 90 valence electrons. The Morgan fingerprint density at radius 1 is 0.889 bits per heavy atom. The maximum absolute atomic E-state index is 12.5. The summed E-state index contributed by atoms with van der Waals surface area (Å²) in [6, 6.07) is 11.1. The second kappa shape index (κ2) is 4.11. The van der Waals surface area contributed by atoms with Gasteiger partial charge in [-0.3, -0.25) is 4.79 Å². The van der Waals surface area contributed by atoms with Gasteiger partial charge >= 0.3 is 0 Å². The highest BCUT2D eigenvalue weighted by molar-refractivity contribution is 6.39. The van der Waals surface area contributed by atoms with Gasteiger partial charge in [-0.25, -0.2) is 0 Å². The predicted octanol–water partition coefficient (Wildman–Crippen LogP) is 4.69. The third-order valence-electron chi connectivity index (χ3n) is 3.48. The van der Waals surface area contributed by atoms with Gasteiger partial charge in [0.15, 0.2) is 5.78 Å². The van der Waals surface area contributed by atoms with Crippen LogP contribution in [0.4, 0.5) is 0 Å². The van der Waals surface area contributed by atoms with E-state index in [0.29, 0.717) is 21.2 Å². The molecule has 0 aromatic heterocycles. The van der Waals surface area contributed by atoms with Crippen LogP contribution in [-0.4, -0.2) is 5.78 Å². The molecule has 0 N–H and O–H groups in total. The first-order valence-corrected chi connectivity index (χ1v) is 6.48. The molecule has 0 spiro atoms. The number of fused-ring (bicyclic) bond motifs is 2. The molecular weight excluding hydrogens is 267 g/mol. The molecule has 0 heterocycles. The van der Waals surface area contributed by atoms with Gasteiger partial charge in [-0.05, 0) is 23.3 Å². The zero-order chi connectivity index (χ0) is 12.9. The summed E-state index contributed by atoms with van der Waals surface area (Å²) in [5.74, 6) is 0.0550. The predicted molar refractivity (Wildman–Crippen MR) is 73.9 cm³/mol. The second-order valence-electron chi connectivity index (χ2n) is 4.46. The number of hydrogen-bond donors (Lipinski definition) is 0. The van der Waals surface area contributed by atoms with Gasteiger partial charge in [0, 0.05) is 17.0 Å². The summed E-state index contributed by atoms with van der Waals surface area (Å²) in [5.41, 5.74) is 3.13. The van der Waals surface area contributed by atoms with Gasteiger partial charge in [0.25, 0.3) is 0 Å². The third kappa shape index (κ3) is 1.51. The minimum absolute atomic E-state index is 0.0747. The molecule has 1 aliphatic carbocycles. The Kier molecular flexibility index (Phi) is 2.69. The molecule has 0 bridgehead atoms. The fourth-order valence-corrected chi connectivity index (χ4v) is 3.11. The highest BCUT2D eigenvalue weighted by atomic mass is 35.5. The first-order chi connectivity index (χ1) is 8.61. The van der Waals surface area contributed by atoms with Crippen LogP contribution in [-0.2, 0) is 0 Å². The Labute approximate surface area is 115 Å². The quantitative estimate of drug-likeness (QED) is 0.682. The molecule has 18 heavy (non-hydrogen) atoms. The maximum atomic E-state index is 12.5. The van der Waals surface area contributed by atoms with Crippen LogP contribution in [0.25, 0.3) is 0 Å². The average Bonchev–Trinajstić information content (AvgIpc) is 2.35. The van der Waals surface area contributed by atoms with E-state index < -0.39 is 0 Å². The lowest BCUT2D eigenvalue weighted by Crippen LogP contribution is -2.18. The zero-order valence-electron chi connectivity index (χ0n) is 9.71. The number of benzene rings is 2. The lowest BCUT2D eigenvalue weighted by atomic mass is 9.78. The van der Waals surface area contributed by atoms with Crippen LogP contribution >= 0.6 is 23.2 Å². The van der Waals surface area contributed by atoms with E-state index in [1.165, 1.54) is 0 Å². The van der Waals surface area contributed by atoms with Crippen molar-refractivity contribution in [2.45, 2.75) is 12.8 Å². The topological polar surface area (TPSA) is 17.1 Å². The summed E-state index contributed by atoms with van der Waals surface area (Å²) >= 11 is 12.3. The van der Waals surface area contributed by atoms with Gasteiger partial charge in [0.05, 0.1) is 10.0 Å². The summed E-state index contributed by atoms with van der Waals surface area (Å²) in [7, 11) is 0. The molecule has 0 amide bonds. The molecule has 3 heteroatoms. The number of rotatable bonds is 0. The standard InChI is InChI=1S/C15H10Cl2O/c1-8-9-4-2-6-11(16)13(9)15(18)14-10(8)5-3-7-12(14)17/h2-8H,1H3. The Hall–Kier alpha value is -1.31. The van der Waals surface area contributed by atoms with Crippen LogP contribution in [0.15, 0.2) is 36.4 Å². The molecule has 1 aliphatic rings. The van der Waals surface area contributed by atoms with E-state index in [-0.39, 0.29) is 11.7 Å². The maximum Gasteiger partial charge on any atom is 0.196 e. The van der Waals surface area contributed by atoms with Crippen LogP contribution in [0.1, 0.15) is 39.9 Å². The van der Waals surface area contributed by atoms with Gasteiger partial charge in [-0.2, -0.15) is 0 Å². The summed E-state index contributed by atoms with van der Waals surface area (Å²) in [6.45, 7) is 2.07. The van der Waals surface area contributed by atoms with Crippen molar-refractivity contribution in [3.8, 4) is 0 Å². The Morgan fingerprint density at radius 2 is 1.33 bits per heavy atom. The van der Waals surface area contributed by atoms with Crippen molar-refractivity contribution >= 4 is 29.0 Å². The smallest absolute Gasteiger partial charge is 0.196 e. The summed E-state index contributed by atoms with van der Waals surface area (Å²) < 4.78 is 0. The summed E-state index contributed by atoms with van der Waals surface area (Å²) in [6.07, 6.45) is 0. The summed E-state index contributed by atoms with van der Waals surface area (Å²) in [5, 5.41) is 0.991. The molecule has 0 saturated heterocycles. The zero-order valence-corrected chi connectivity index (χ0v) is 11.2. The molecule has 0 saturated carbocycles. The van der Waals surface area contributed by atoms with Gasteiger partial charge < -0.3 is 0 Å². The fraction of sp³-hybridized carbons (Fsp3) is 0.133. The molecule has 0 unspecified atom stereocenters. The Bertz CT molecular complexity index is 606. The number of halogens is 2. The van der Waals surface area contributed by atoms with Gasteiger partial charge in [0.2, 0.25) is 0 Å². The average molecular weight is 277 g/mol. The first kappa shape index (κ1) is 11.8. The molecule has 0 atom stereocenters. The lowest BCUT2D eigenvalue weighted by Gasteiger charge is -2.26. The van der Waals surface area contributed by atoms with Crippen LogP contribution in [0.2, 0.25) is 10.0 Å². The van der Waals surface area contributed by atoms with E-state index in [9.17, 15) is 4.79 Å². The van der Waals surface area contributed by atoms with E-state index in [1.807, 2.05) is 24.3 Å². The van der Waals surface area contributed by atoms with Crippen LogP contribution < -0.4 is 0 Å². The van der Waals surface area contributed by atoms with Gasteiger partial charge in [0.1, 0.15) is 0 Å². The van der Waals surface area contributed by atoms with Gasteiger partial charge in [-0.15, -0.1) is 0 Å². The molecule has 0 fully saturated rings. The molecule has 0 aliphatic heterocycles. The van der Waals surface area contributed by atoms with Crippen molar-refractivity contribution in [1.29, 1.82) is 0 Å². The molecule has 0 radical (unpaired) electrons. The third-order valence-corrected chi connectivity index (χ3v) is 4.11. The lowest BCUT2D eigenvalue weighted by molar-refractivity contribution is 0.103. The highest BCUT2D eigenvalue weighted by Gasteiger charge is 2.31. The monoisotopic (exact) mass is 276 g/mol. The minimum Gasteiger partial charge on any atom is -0.288 e. The van der Waals surface area contributed by atoms with Crippen LogP contribution in [0, 0.1) is 0 Å². The fourth-order valence-electron chi connectivity index (χ4n) is 2.57. The molecule has 2 aromatic rings. The number of ketones is 1. The number of carbonyl (C=O) groups excluding carboxylic acids is 1. The normalized spacial score (nSPS) is 14.3. The van der Waals surface area contributed by atoms with E-state index >= 15 is 0 Å². The number of carbonyl (C=O) groups is 1. The van der Waals surface area contributed by atoms with E-state index in [4.69, 9.17) is 23.2 Å². The van der Waals surface area contributed by atoms with Crippen LogP contribution in [0.5, 0.6) is 0 Å². The van der Waals surface area contributed by atoms with Crippen molar-refractivity contribution < 1.29 is 4.79 Å². The number of hydrogen-bond acceptors (Lipinski definition) is 1. The minimum atomic E-state index is -0.0747. The molecule has 2 aromatic carbocycles. The second-order valence-corrected chi connectivity index (χ2v) is 5.27. The van der Waals surface area contributed by atoms with E-state index in [2.05, 4.69) is 6.92 Å².